The van der Waals surface area contributed by atoms with Crippen LogP contribution in [0.5, 0.6) is 0 Å². The predicted octanol–water partition coefficient (Wildman–Crippen LogP) is 3.13. The number of hydrogen-bond donors (Lipinski definition) is 1. The lowest BCUT2D eigenvalue weighted by atomic mass is 10.1. The highest BCUT2D eigenvalue weighted by molar-refractivity contribution is 5.47. The van der Waals surface area contributed by atoms with Gasteiger partial charge in [-0.3, -0.25) is 4.98 Å². The maximum atomic E-state index is 6.02. The van der Waals surface area contributed by atoms with Crippen LogP contribution >= 0.6 is 0 Å². The maximum Gasteiger partial charge on any atom is 0.0427 e. The highest BCUT2D eigenvalue weighted by Gasteiger charge is 2.05. The minimum atomic E-state index is 0.138. The van der Waals surface area contributed by atoms with Crippen LogP contribution in [0.25, 0.3) is 0 Å². The maximum absolute atomic E-state index is 6.02. The molecule has 0 unspecified atom stereocenters. The molecule has 1 aromatic heterocycles. The van der Waals surface area contributed by atoms with Crippen LogP contribution in [-0.2, 0) is 6.54 Å². The van der Waals surface area contributed by atoms with Crippen molar-refractivity contribution >= 4 is 5.69 Å². The van der Waals surface area contributed by atoms with Crippen LogP contribution in [0.15, 0.2) is 48.8 Å². The molecule has 1 heterocycles. The molecule has 0 amide bonds. The molecule has 1 atom stereocenters. The third-order valence-electron chi connectivity index (χ3n) is 3.37. The molecule has 2 aromatic rings. The first-order chi connectivity index (χ1) is 9.20. The summed E-state index contributed by atoms with van der Waals surface area (Å²) < 4.78 is 0. The summed E-state index contributed by atoms with van der Waals surface area (Å²) in [5.41, 5.74) is 9.68. The molecule has 2 N–H and O–H groups in total. The fourth-order valence-electron chi connectivity index (χ4n) is 2.07. The van der Waals surface area contributed by atoms with Crippen molar-refractivity contribution in [3.8, 4) is 0 Å². The summed E-state index contributed by atoms with van der Waals surface area (Å²) in [6, 6.07) is 12.7. The van der Waals surface area contributed by atoms with E-state index in [0.29, 0.717) is 0 Å². The van der Waals surface area contributed by atoms with E-state index in [1.165, 1.54) is 16.8 Å². The molecule has 0 radical (unpaired) electrons. The van der Waals surface area contributed by atoms with Crippen molar-refractivity contribution < 1.29 is 0 Å². The molecule has 0 bridgehead atoms. The van der Waals surface area contributed by atoms with Gasteiger partial charge in [-0.2, -0.15) is 0 Å². The van der Waals surface area contributed by atoms with Crippen LogP contribution in [0.1, 0.15) is 30.5 Å². The van der Waals surface area contributed by atoms with E-state index in [1.54, 1.807) is 0 Å². The van der Waals surface area contributed by atoms with Gasteiger partial charge in [0.05, 0.1) is 0 Å². The quantitative estimate of drug-likeness (QED) is 0.892. The van der Waals surface area contributed by atoms with Gasteiger partial charge in [0.25, 0.3) is 0 Å². The Morgan fingerprint density at radius 2 is 1.74 bits per heavy atom. The second-order valence-electron chi connectivity index (χ2n) is 4.82. The average Bonchev–Trinajstić information content (AvgIpc) is 2.47. The summed E-state index contributed by atoms with van der Waals surface area (Å²) in [6.45, 7) is 2.98. The number of pyridine rings is 1. The second-order valence-corrected chi connectivity index (χ2v) is 4.82. The fourth-order valence-corrected chi connectivity index (χ4v) is 2.07. The Morgan fingerprint density at radius 1 is 1.11 bits per heavy atom. The van der Waals surface area contributed by atoms with E-state index >= 15 is 0 Å². The Balaban J connectivity index is 2.05. The zero-order valence-corrected chi connectivity index (χ0v) is 11.6. The van der Waals surface area contributed by atoms with Gasteiger partial charge in [0.1, 0.15) is 0 Å². The van der Waals surface area contributed by atoms with Crippen LogP contribution in [0.3, 0.4) is 0 Å². The zero-order valence-electron chi connectivity index (χ0n) is 11.6. The van der Waals surface area contributed by atoms with E-state index in [0.717, 1.165) is 13.0 Å². The Morgan fingerprint density at radius 3 is 2.32 bits per heavy atom. The topological polar surface area (TPSA) is 42.1 Å². The van der Waals surface area contributed by atoms with Gasteiger partial charge in [-0.25, -0.2) is 0 Å². The Kier molecular flexibility index (Phi) is 4.53. The molecular weight excluding hydrogens is 234 g/mol. The number of benzene rings is 1. The third kappa shape index (κ3) is 3.55. The van der Waals surface area contributed by atoms with Crippen LogP contribution in [0.2, 0.25) is 0 Å². The Hall–Kier alpha value is -1.87. The van der Waals surface area contributed by atoms with Crippen LogP contribution in [-0.4, -0.2) is 12.0 Å². The molecule has 0 spiro atoms. The van der Waals surface area contributed by atoms with Crippen molar-refractivity contribution in [3.63, 3.8) is 0 Å². The van der Waals surface area contributed by atoms with Gasteiger partial charge in [-0.05, 0) is 41.8 Å². The summed E-state index contributed by atoms with van der Waals surface area (Å²) in [4.78, 5) is 6.25. The normalized spacial score (nSPS) is 12.2. The van der Waals surface area contributed by atoms with E-state index in [2.05, 4.69) is 48.1 Å². The van der Waals surface area contributed by atoms with Crippen molar-refractivity contribution in [2.75, 3.05) is 11.9 Å². The molecule has 3 nitrogen and oxygen atoms in total. The van der Waals surface area contributed by atoms with E-state index in [-0.39, 0.29) is 6.04 Å². The number of rotatable bonds is 5. The van der Waals surface area contributed by atoms with Gasteiger partial charge in [0.15, 0.2) is 0 Å². The standard InChI is InChI=1S/C16H21N3/c1-3-16(17)14-4-6-15(7-5-14)19(2)12-13-8-10-18-11-9-13/h4-11,16H,3,12,17H2,1-2H3/t16-/m0/s1. The molecule has 0 saturated heterocycles. The van der Waals surface area contributed by atoms with Gasteiger partial charge in [0, 0.05) is 37.7 Å². The van der Waals surface area contributed by atoms with E-state index < -0.39 is 0 Å². The molecule has 19 heavy (non-hydrogen) atoms. The molecule has 2 rings (SSSR count). The summed E-state index contributed by atoms with van der Waals surface area (Å²) in [5.74, 6) is 0. The lowest BCUT2D eigenvalue weighted by Crippen LogP contribution is -2.16. The summed E-state index contributed by atoms with van der Waals surface area (Å²) in [5, 5.41) is 0. The SMILES string of the molecule is CC[C@H](N)c1ccc(N(C)Cc2ccncc2)cc1. The van der Waals surface area contributed by atoms with Gasteiger partial charge in [-0.15, -0.1) is 0 Å². The Bertz CT molecular complexity index is 493. The lowest BCUT2D eigenvalue weighted by Gasteiger charge is -2.20. The lowest BCUT2D eigenvalue weighted by molar-refractivity contribution is 0.698. The second kappa shape index (κ2) is 6.34. The minimum Gasteiger partial charge on any atom is -0.370 e. The molecule has 0 aliphatic rings. The monoisotopic (exact) mass is 255 g/mol. The van der Waals surface area contributed by atoms with Gasteiger partial charge in [0.2, 0.25) is 0 Å². The molecule has 0 saturated carbocycles. The summed E-state index contributed by atoms with van der Waals surface area (Å²) in [6.07, 6.45) is 4.62. The number of anilines is 1. The minimum absolute atomic E-state index is 0.138. The Labute approximate surface area is 115 Å². The van der Waals surface area contributed by atoms with Crippen LogP contribution in [0.4, 0.5) is 5.69 Å². The van der Waals surface area contributed by atoms with E-state index in [4.69, 9.17) is 5.73 Å². The van der Waals surface area contributed by atoms with E-state index in [1.807, 2.05) is 24.5 Å². The molecule has 1 aromatic carbocycles. The van der Waals surface area contributed by atoms with Crippen molar-refractivity contribution in [2.45, 2.75) is 25.9 Å². The van der Waals surface area contributed by atoms with Crippen molar-refractivity contribution in [3.05, 3.63) is 59.9 Å². The number of nitrogens with two attached hydrogens (primary N) is 1. The summed E-state index contributed by atoms with van der Waals surface area (Å²) in [7, 11) is 2.09. The van der Waals surface area contributed by atoms with E-state index in [9.17, 15) is 0 Å². The van der Waals surface area contributed by atoms with Crippen LogP contribution < -0.4 is 10.6 Å². The largest absolute Gasteiger partial charge is 0.370 e. The zero-order chi connectivity index (χ0) is 13.7. The predicted molar refractivity (Wildman–Crippen MR) is 80.0 cm³/mol. The van der Waals surface area contributed by atoms with Crippen LogP contribution in [0, 0.1) is 0 Å². The molecule has 0 aliphatic heterocycles. The highest BCUT2D eigenvalue weighted by Crippen LogP contribution is 2.20. The van der Waals surface area contributed by atoms with Gasteiger partial charge < -0.3 is 10.6 Å². The first-order valence-electron chi connectivity index (χ1n) is 6.66. The first-order valence-corrected chi connectivity index (χ1v) is 6.66. The molecule has 0 aliphatic carbocycles. The number of hydrogen-bond acceptors (Lipinski definition) is 3. The van der Waals surface area contributed by atoms with Crippen molar-refractivity contribution in [2.24, 2.45) is 5.73 Å². The smallest absolute Gasteiger partial charge is 0.0427 e. The molecule has 100 valence electrons. The summed E-state index contributed by atoms with van der Waals surface area (Å²) >= 11 is 0. The third-order valence-corrected chi connectivity index (χ3v) is 3.37. The van der Waals surface area contributed by atoms with Crippen molar-refractivity contribution in [1.82, 2.24) is 4.98 Å². The molecule has 0 fully saturated rings. The first kappa shape index (κ1) is 13.6. The average molecular weight is 255 g/mol. The van der Waals surface area contributed by atoms with Gasteiger partial charge in [-0.1, -0.05) is 19.1 Å². The fraction of sp³-hybridized carbons (Fsp3) is 0.312. The molecule has 3 heteroatoms. The number of nitrogens with zero attached hydrogens (tertiary/aromatic N) is 2. The number of aromatic nitrogens is 1. The highest BCUT2D eigenvalue weighted by atomic mass is 15.1. The van der Waals surface area contributed by atoms with Gasteiger partial charge >= 0.3 is 0 Å². The van der Waals surface area contributed by atoms with Crippen molar-refractivity contribution in [1.29, 1.82) is 0 Å². The molecular formula is C16H21N3.